The van der Waals surface area contributed by atoms with E-state index >= 15 is 0 Å². The Labute approximate surface area is 142 Å². The van der Waals surface area contributed by atoms with Crippen LogP contribution in [0.1, 0.15) is 51.4 Å². The molecule has 124 valence electrons. The highest BCUT2D eigenvalue weighted by molar-refractivity contribution is 6.30. The highest BCUT2D eigenvalue weighted by Crippen LogP contribution is 2.28. The fraction of sp³-hybridized carbons (Fsp3) is 0.556. The average Bonchev–Trinajstić information content (AvgIpc) is 2.75. The predicted molar refractivity (Wildman–Crippen MR) is 91.6 cm³/mol. The Hall–Kier alpha value is -1.55. The first-order valence-electron chi connectivity index (χ1n) is 8.53. The van der Waals surface area contributed by atoms with Crippen LogP contribution < -0.4 is 10.2 Å². The van der Waals surface area contributed by atoms with Crippen LogP contribution in [-0.4, -0.2) is 23.9 Å². The molecule has 1 aliphatic carbocycles. The van der Waals surface area contributed by atoms with Crippen molar-refractivity contribution in [2.45, 2.75) is 63.5 Å². The Kier molecular flexibility index (Phi) is 5.21. The van der Waals surface area contributed by atoms with Gasteiger partial charge in [-0.05, 0) is 43.5 Å². The lowest BCUT2D eigenvalue weighted by atomic mass is 10.1. The summed E-state index contributed by atoms with van der Waals surface area (Å²) in [6.07, 6.45) is 7.97. The third-order valence-electron chi connectivity index (χ3n) is 4.82. The van der Waals surface area contributed by atoms with Gasteiger partial charge in [-0.3, -0.25) is 14.5 Å². The third-order valence-corrected chi connectivity index (χ3v) is 5.07. The number of hydrogen-bond acceptors (Lipinski definition) is 2. The average molecular weight is 335 g/mol. The Morgan fingerprint density at radius 3 is 2.35 bits per heavy atom. The van der Waals surface area contributed by atoms with E-state index in [0.29, 0.717) is 17.9 Å². The summed E-state index contributed by atoms with van der Waals surface area (Å²) < 4.78 is 0. The van der Waals surface area contributed by atoms with Crippen molar-refractivity contribution in [2.75, 3.05) is 4.90 Å². The first-order valence-corrected chi connectivity index (χ1v) is 8.91. The van der Waals surface area contributed by atoms with Gasteiger partial charge >= 0.3 is 0 Å². The van der Waals surface area contributed by atoms with Crippen molar-refractivity contribution in [3.05, 3.63) is 29.3 Å². The molecule has 1 aliphatic heterocycles. The fourth-order valence-corrected chi connectivity index (χ4v) is 3.70. The van der Waals surface area contributed by atoms with Crippen molar-refractivity contribution in [3.63, 3.8) is 0 Å². The quantitative estimate of drug-likeness (QED) is 0.857. The number of benzene rings is 1. The molecule has 3 rings (SSSR count). The van der Waals surface area contributed by atoms with Gasteiger partial charge in [0.2, 0.25) is 11.8 Å². The van der Waals surface area contributed by atoms with Crippen LogP contribution in [0.25, 0.3) is 0 Å². The van der Waals surface area contributed by atoms with E-state index < -0.39 is 6.04 Å². The van der Waals surface area contributed by atoms with Crippen molar-refractivity contribution in [1.29, 1.82) is 0 Å². The van der Waals surface area contributed by atoms with Gasteiger partial charge in [-0.1, -0.05) is 37.3 Å². The second-order valence-corrected chi connectivity index (χ2v) is 6.93. The highest BCUT2D eigenvalue weighted by atomic mass is 35.5. The molecule has 2 amide bonds. The zero-order chi connectivity index (χ0) is 16.2. The molecule has 5 heteroatoms. The summed E-state index contributed by atoms with van der Waals surface area (Å²) in [5, 5.41) is 3.80. The van der Waals surface area contributed by atoms with Crippen molar-refractivity contribution in [1.82, 2.24) is 5.32 Å². The van der Waals surface area contributed by atoms with E-state index in [1.807, 2.05) is 0 Å². The van der Waals surface area contributed by atoms with Gasteiger partial charge in [0.15, 0.2) is 0 Å². The zero-order valence-electron chi connectivity index (χ0n) is 13.3. The Balaban J connectivity index is 1.70. The summed E-state index contributed by atoms with van der Waals surface area (Å²) in [6, 6.07) is 6.97. The summed E-state index contributed by atoms with van der Waals surface area (Å²) in [6.45, 7) is 0. The van der Waals surface area contributed by atoms with E-state index in [0.717, 1.165) is 18.5 Å². The molecule has 1 aromatic carbocycles. The third kappa shape index (κ3) is 3.86. The number of nitrogens with zero attached hydrogens (tertiary/aromatic N) is 1. The minimum absolute atomic E-state index is 0.00772. The minimum Gasteiger partial charge on any atom is -0.352 e. The molecule has 1 atom stereocenters. The van der Waals surface area contributed by atoms with E-state index in [-0.39, 0.29) is 17.9 Å². The minimum atomic E-state index is -0.396. The lowest BCUT2D eigenvalue weighted by Crippen LogP contribution is -2.48. The molecule has 0 spiro atoms. The first-order chi connectivity index (χ1) is 11.1. The number of halogens is 1. The molecule has 2 fully saturated rings. The van der Waals surface area contributed by atoms with Crippen LogP contribution in [0.3, 0.4) is 0 Å². The Morgan fingerprint density at radius 1 is 1.04 bits per heavy atom. The summed E-state index contributed by atoms with van der Waals surface area (Å²) >= 11 is 5.92. The topological polar surface area (TPSA) is 49.4 Å². The van der Waals surface area contributed by atoms with Crippen LogP contribution >= 0.6 is 11.6 Å². The van der Waals surface area contributed by atoms with Crippen LogP contribution in [0.2, 0.25) is 5.02 Å². The normalized spacial score (nSPS) is 22.9. The first kappa shape index (κ1) is 16.3. The second-order valence-electron chi connectivity index (χ2n) is 6.49. The second kappa shape index (κ2) is 7.35. The van der Waals surface area contributed by atoms with E-state index in [4.69, 9.17) is 11.6 Å². The SMILES string of the molecule is O=C(NC1CCCCCC1)C1CCC(=O)N1c1ccc(Cl)cc1. The molecule has 1 saturated heterocycles. The van der Waals surface area contributed by atoms with Gasteiger partial charge in [0.1, 0.15) is 6.04 Å². The Bertz CT molecular complexity index is 565. The van der Waals surface area contributed by atoms with Crippen LogP contribution in [0.15, 0.2) is 24.3 Å². The van der Waals surface area contributed by atoms with E-state index in [1.54, 1.807) is 29.2 Å². The van der Waals surface area contributed by atoms with E-state index in [9.17, 15) is 9.59 Å². The molecule has 0 aromatic heterocycles. The molecule has 0 bridgehead atoms. The highest BCUT2D eigenvalue weighted by Gasteiger charge is 2.37. The van der Waals surface area contributed by atoms with Gasteiger partial charge in [-0.2, -0.15) is 0 Å². The molecule has 4 nitrogen and oxygen atoms in total. The van der Waals surface area contributed by atoms with Crippen LogP contribution in [-0.2, 0) is 9.59 Å². The molecule has 0 radical (unpaired) electrons. The van der Waals surface area contributed by atoms with E-state index in [2.05, 4.69) is 5.32 Å². The number of anilines is 1. The van der Waals surface area contributed by atoms with Crippen molar-refractivity contribution in [3.8, 4) is 0 Å². The van der Waals surface area contributed by atoms with Gasteiger partial charge < -0.3 is 5.32 Å². The monoisotopic (exact) mass is 334 g/mol. The van der Waals surface area contributed by atoms with E-state index in [1.165, 1.54) is 25.7 Å². The number of rotatable bonds is 3. The van der Waals surface area contributed by atoms with Crippen molar-refractivity contribution in [2.24, 2.45) is 0 Å². The molecule has 1 heterocycles. The van der Waals surface area contributed by atoms with Crippen molar-refractivity contribution >= 4 is 29.1 Å². The lowest BCUT2D eigenvalue weighted by Gasteiger charge is -2.26. The van der Waals surface area contributed by atoms with Crippen LogP contribution in [0.4, 0.5) is 5.69 Å². The van der Waals surface area contributed by atoms with Crippen LogP contribution in [0, 0.1) is 0 Å². The predicted octanol–water partition coefficient (Wildman–Crippen LogP) is 3.67. The van der Waals surface area contributed by atoms with Crippen LogP contribution in [0.5, 0.6) is 0 Å². The Morgan fingerprint density at radius 2 is 1.70 bits per heavy atom. The number of carbonyl (C=O) groups is 2. The number of carbonyl (C=O) groups excluding carboxylic acids is 2. The summed E-state index contributed by atoms with van der Waals surface area (Å²) in [5.74, 6) is -0.00830. The largest absolute Gasteiger partial charge is 0.352 e. The maximum atomic E-state index is 12.7. The summed E-state index contributed by atoms with van der Waals surface area (Å²) in [7, 11) is 0. The van der Waals surface area contributed by atoms with Gasteiger partial charge in [0, 0.05) is 23.2 Å². The standard InChI is InChI=1S/C18H23ClN2O2/c19-13-7-9-15(10-8-13)21-16(11-12-17(21)22)18(23)20-14-5-3-1-2-4-6-14/h7-10,14,16H,1-6,11-12H2,(H,20,23). The number of amides is 2. The molecule has 1 unspecified atom stereocenters. The molecule has 1 saturated carbocycles. The molecular formula is C18H23ClN2O2. The summed E-state index contributed by atoms with van der Waals surface area (Å²) in [4.78, 5) is 26.6. The van der Waals surface area contributed by atoms with Gasteiger partial charge in [0.25, 0.3) is 0 Å². The van der Waals surface area contributed by atoms with Gasteiger partial charge in [-0.15, -0.1) is 0 Å². The fourth-order valence-electron chi connectivity index (χ4n) is 3.58. The molecule has 1 aromatic rings. The maximum Gasteiger partial charge on any atom is 0.243 e. The van der Waals surface area contributed by atoms with Gasteiger partial charge in [0.05, 0.1) is 0 Å². The van der Waals surface area contributed by atoms with Crippen molar-refractivity contribution < 1.29 is 9.59 Å². The molecule has 1 N–H and O–H groups in total. The smallest absolute Gasteiger partial charge is 0.243 e. The zero-order valence-corrected chi connectivity index (χ0v) is 14.0. The molecular weight excluding hydrogens is 312 g/mol. The maximum absolute atomic E-state index is 12.7. The molecule has 23 heavy (non-hydrogen) atoms. The lowest BCUT2D eigenvalue weighted by molar-refractivity contribution is -0.124. The van der Waals surface area contributed by atoms with Gasteiger partial charge in [-0.25, -0.2) is 0 Å². The molecule has 2 aliphatic rings. The number of nitrogens with one attached hydrogen (secondary N) is 1. The number of hydrogen-bond donors (Lipinski definition) is 1. The summed E-state index contributed by atoms with van der Waals surface area (Å²) in [5.41, 5.74) is 0.748.